The van der Waals surface area contributed by atoms with Crippen molar-refractivity contribution in [1.29, 1.82) is 0 Å². The zero-order valence-corrected chi connectivity index (χ0v) is 30.6. The molecule has 0 radical (unpaired) electrons. The van der Waals surface area contributed by atoms with Crippen LogP contribution in [0.3, 0.4) is 0 Å². The fourth-order valence-corrected chi connectivity index (χ4v) is 7.90. The Morgan fingerprint density at radius 2 is 1.82 bits per heavy atom. The van der Waals surface area contributed by atoms with E-state index in [0.29, 0.717) is 60.6 Å². The average molecular weight is 724 g/mol. The number of nitrogens with two attached hydrogens (primary N) is 1. The maximum Gasteiger partial charge on any atom is 0.407 e. The molecule has 0 spiro atoms. The fourth-order valence-electron chi connectivity index (χ4n) is 6.32. The minimum atomic E-state index is -3.82. The van der Waals surface area contributed by atoms with Gasteiger partial charge in [0.05, 0.1) is 5.69 Å². The van der Waals surface area contributed by atoms with Gasteiger partial charge in [-0.3, -0.25) is 9.78 Å². The number of carbonyl (C=O) groups is 3. The number of carboxylic acid groups (broad SMARTS) is 1. The number of pyridine rings is 1. The number of nitrogens with zero attached hydrogens (tertiary/aromatic N) is 5. The number of hydrogen-bond donors (Lipinski definition) is 3. The number of carbonyl (C=O) groups excluding carboxylic acids is 2. The van der Waals surface area contributed by atoms with Gasteiger partial charge in [-0.05, 0) is 76.6 Å². The van der Waals surface area contributed by atoms with Gasteiger partial charge in [-0.15, -0.1) is 0 Å². The number of fused-ring (bicyclic) bond motifs is 1. The normalized spacial score (nSPS) is 16.8. The minimum absolute atomic E-state index is 0.0329. The highest BCUT2D eigenvalue weighted by Crippen LogP contribution is 2.34. The molecule has 1 aromatic carbocycles. The van der Waals surface area contributed by atoms with Crippen LogP contribution in [0.1, 0.15) is 71.8 Å². The lowest BCUT2D eigenvalue weighted by Crippen LogP contribution is -2.53. The number of aliphatic imine (C=N–C) groups is 1. The number of sulfonamides is 1. The Morgan fingerprint density at radius 1 is 1.08 bits per heavy atom. The van der Waals surface area contributed by atoms with Crippen LogP contribution in [0.4, 0.5) is 15.3 Å². The fraction of sp³-hybridized carbons (Fsp3) is 0.528. The Bertz CT molecular complexity index is 1790. The van der Waals surface area contributed by atoms with E-state index in [1.165, 1.54) is 15.4 Å². The van der Waals surface area contributed by atoms with E-state index in [0.717, 1.165) is 25.7 Å². The number of aromatic nitrogens is 1. The van der Waals surface area contributed by atoms with Crippen molar-refractivity contribution in [2.24, 2.45) is 16.6 Å². The van der Waals surface area contributed by atoms with Crippen molar-refractivity contribution < 1.29 is 32.6 Å². The highest BCUT2D eigenvalue weighted by Gasteiger charge is 2.37. The van der Waals surface area contributed by atoms with Gasteiger partial charge >= 0.3 is 12.2 Å². The van der Waals surface area contributed by atoms with Gasteiger partial charge in [-0.25, -0.2) is 23.0 Å². The second-order valence-electron chi connectivity index (χ2n) is 14.4. The Labute approximate surface area is 299 Å². The highest BCUT2D eigenvalue weighted by molar-refractivity contribution is 7.89. The van der Waals surface area contributed by atoms with E-state index >= 15 is 0 Å². The molecule has 2 fully saturated rings. The van der Waals surface area contributed by atoms with Crippen LogP contribution in [0, 0.1) is 5.92 Å². The zero-order chi connectivity index (χ0) is 36.9. The van der Waals surface area contributed by atoms with Crippen LogP contribution < -0.4 is 11.1 Å². The van der Waals surface area contributed by atoms with Gasteiger partial charge < -0.3 is 30.7 Å². The first-order valence-corrected chi connectivity index (χ1v) is 19.0. The molecule has 1 saturated heterocycles. The van der Waals surface area contributed by atoms with E-state index in [4.69, 9.17) is 10.5 Å². The third-order valence-corrected chi connectivity index (χ3v) is 11.0. The number of nitrogens with one attached hydrogen (secondary N) is 1. The minimum Gasteiger partial charge on any atom is -0.465 e. The van der Waals surface area contributed by atoms with Crippen molar-refractivity contribution in [3.8, 4) is 11.1 Å². The van der Waals surface area contributed by atoms with E-state index in [2.05, 4.69) is 15.3 Å². The average Bonchev–Trinajstić information content (AvgIpc) is 3.18. The van der Waals surface area contributed by atoms with Crippen LogP contribution in [-0.2, 0) is 19.6 Å². The molecular formula is C36H49N7O7S. The molecule has 0 bridgehead atoms. The predicted molar refractivity (Wildman–Crippen MR) is 194 cm³/mol. The Balaban J connectivity index is 1.25. The number of rotatable bonds is 13. The van der Waals surface area contributed by atoms with E-state index in [9.17, 15) is 27.9 Å². The number of hydrogen-bond acceptors (Lipinski definition) is 9. The first-order chi connectivity index (χ1) is 24.1. The maximum atomic E-state index is 13.8. The third-order valence-electron chi connectivity index (χ3n) is 9.18. The summed E-state index contributed by atoms with van der Waals surface area (Å²) in [6.07, 6.45) is 7.50. The molecule has 1 saturated carbocycles. The van der Waals surface area contributed by atoms with Gasteiger partial charge in [0.2, 0.25) is 15.9 Å². The van der Waals surface area contributed by atoms with E-state index in [1.807, 2.05) is 19.1 Å². The topological polar surface area (TPSA) is 188 Å². The van der Waals surface area contributed by atoms with Gasteiger partial charge in [-0.2, -0.15) is 4.31 Å². The number of ether oxygens (including phenoxy) is 1. The lowest BCUT2D eigenvalue weighted by molar-refractivity contribution is -0.127. The molecule has 276 valence electrons. The van der Waals surface area contributed by atoms with Gasteiger partial charge in [0.25, 0.3) is 0 Å². The summed E-state index contributed by atoms with van der Waals surface area (Å²) >= 11 is 0. The summed E-state index contributed by atoms with van der Waals surface area (Å²) in [5.74, 6) is 0.0785. The summed E-state index contributed by atoms with van der Waals surface area (Å²) in [6, 6.07) is 7.09. The van der Waals surface area contributed by atoms with Crippen molar-refractivity contribution in [3.05, 3.63) is 47.8 Å². The second kappa shape index (κ2) is 15.8. The number of benzene rings is 1. The Hall–Kier alpha value is -4.50. The third kappa shape index (κ3) is 9.44. The Morgan fingerprint density at radius 3 is 2.47 bits per heavy atom. The molecule has 3 amide bonds. The number of alkyl carbamates (subject to hydrolysis) is 1. The lowest BCUT2D eigenvalue weighted by Gasteiger charge is -2.38. The van der Waals surface area contributed by atoms with Crippen LogP contribution in [0.25, 0.3) is 17.2 Å². The molecule has 0 atom stereocenters. The molecule has 2 aliphatic heterocycles. The summed E-state index contributed by atoms with van der Waals surface area (Å²) in [5.41, 5.74) is 8.70. The molecule has 51 heavy (non-hydrogen) atoms. The van der Waals surface area contributed by atoms with Crippen molar-refractivity contribution in [1.82, 2.24) is 24.4 Å². The molecule has 15 heteroatoms. The first kappa shape index (κ1) is 37.7. The van der Waals surface area contributed by atoms with E-state index in [-0.39, 0.29) is 48.1 Å². The van der Waals surface area contributed by atoms with E-state index in [1.54, 1.807) is 50.1 Å². The van der Waals surface area contributed by atoms with Crippen LogP contribution in [0.5, 0.6) is 0 Å². The SMILES string of the molecule is CCCN(CCCN(C(=O)O)C1CCC1)C(=O)C1=Cc2ccc(-c3cncc(S(=O)(=O)N4CC(CNC(=O)OC(C)(C)C)C4)c3)cc2N=C(N)C1. The molecule has 1 aromatic heterocycles. The number of amides is 3. The first-order valence-electron chi connectivity index (χ1n) is 17.5. The summed E-state index contributed by atoms with van der Waals surface area (Å²) in [7, 11) is -3.82. The molecule has 3 aliphatic rings. The van der Waals surface area contributed by atoms with E-state index < -0.39 is 27.8 Å². The summed E-state index contributed by atoms with van der Waals surface area (Å²) < 4.78 is 33.5. The largest absolute Gasteiger partial charge is 0.465 e. The summed E-state index contributed by atoms with van der Waals surface area (Å²) in [4.78, 5) is 49.6. The zero-order valence-electron chi connectivity index (χ0n) is 29.8. The second-order valence-corrected chi connectivity index (χ2v) is 16.3. The smallest absolute Gasteiger partial charge is 0.407 e. The molecule has 5 rings (SSSR count). The highest BCUT2D eigenvalue weighted by atomic mass is 32.2. The van der Waals surface area contributed by atoms with Crippen molar-refractivity contribution in [2.45, 2.75) is 82.8 Å². The van der Waals surface area contributed by atoms with Crippen molar-refractivity contribution in [3.63, 3.8) is 0 Å². The van der Waals surface area contributed by atoms with Gasteiger partial charge in [0.1, 0.15) is 16.3 Å². The molecule has 1 aliphatic carbocycles. The van der Waals surface area contributed by atoms with Crippen LogP contribution in [-0.4, -0.2) is 107 Å². The quantitative estimate of drug-likeness (QED) is 0.260. The molecule has 3 heterocycles. The van der Waals surface area contributed by atoms with Crippen LogP contribution >= 0.6 is 0 Å². The summed E-state index contributed by atoms with van der Waals surface area (Å²) in [5, 5.41) is 12.3. The molecule has 0 unspecified atom stereocenters. The molecule has 4 N–H and O–H groups in total. The van der Waals surface area contributed by atoms with Gasteiger partial charge in [0, 0.05) is 86.7 Å². The lowest BCUT2D eigenvalue weighted by atomic mass is 9.91. The summed E-state index contributed by atoms with van der Waals surface area (Å²) in [6.45, 7) is 9.49. The maximum absolute atomic E-state index is 13.8. The monoisotopic (exact) mass is 723 g/mol. The Kier molecular flexibility index (Phi) is 11.7. The van der Waals surface area contributed by atoms with Crippen molar-refractivity contribution >= 4 is 45.7 Å². The standard InChI is InChI=1S/C36H49N7O7S/c1-5-12-41(13-7-14-43(35(46)47)29-8-6-9-29)33(44)27-15-26-11-10-25(17-31(26)40-32(37)18-27)28-16-30(21-38-20-28)51(48,49)42-22-24(23-42)19-39-34(45)50-36(2,3)4/h10-11,15-17,20-21,24,29H,5-9,12-14,18-19,22-23H2,1-4H3,(H2,37,40)(H,39,45)(H,46,47). The molecular weight excluding hydrogens is 675 g/mol. The molecule has 14 nitrogen and oxygen atoms in total. The number of amidine groups is 1. The van der Waals surface area contributed by atoms with Gasteiger partial charge in [0.15, 0.2) is 0 Å². The predicted octanol–water partition coefficient (Wildman–Crippen LogP) is 4.83. The molecule has 2 aromatic rings. The van der Waals surface area contributed by atoms with Crippen LogP contribution in [0.15, 0.2) is 52.1 Å². The van der Waals surface area contributed by atoms with Crippen LogP contribution in [0.2, 0.25) is 0 Å². The van der Waals surface area contributed by atoms with Gasteiger partial charge in [-0.1, -0.05) is 19.1 Å². The van der Waals surface area contributed by atoms with Crippen molar-refractivity contribution in [2.75, 3.05) is 39.3 Å².